The van der Waals surface area contributed by atoms with Crippen LogP contribution in [-0.4, -0.2) is 34.4 Å². The van der Waals surface area contributed by atoms with Gasteiger partial charge in [-0.25, -0.2) is 4.39 Å². The van der Waals surface area contributed by atoms with Crippen LogP contribution < -0.4 is 0 Å². The zero-order valence-corrected chi connectivity index (χ0v) is 12.4. The van der Waals surface area contributed by atoms with E-state index in [4.69, 9.17) is 0 Å². The number of carbonyl (C=O) groups excluding carboxylic acids is 1. The second-order valence-corrected chi connectivity index (χ2v) is 7.04. The Bertz CT molecular complexity index is 536. The van der Waals surface area contributed by atoms with Crippen LogP contribution in [0.1, 0.15) is 29.8 Å². The first kappa shape index (κ1) is 16.1. The summed E-state index contributed by atoms with van der Waals surface area (Å²) in [5.41, 5.74) is -1.53. The van der Waals surface area contributed by atoms with Gasteiger partial charge in [0, 0.05) is 29.2 Å². The van der Waals surface area contributed by atoms with Crippen LogP contribution in [0.25, 0.3) is 0 Å². The van der Waals surface area contributed by atoms with E-state index in [9.17, 15) is 22.4 Å². The first-order valence-corrected chi connectivity index (χ1v) is 7.44. The molecule has 1 aliphatic heterocycles. The predicted octanol–water partition coefficient (Wildman–Crippen LogP) is 3.81. The van der Waals surface area contributed by atoms with Gasteiger partial charge in [0.15, 0.2) is 0 Å². The summed E-state index contributed by atoms with van der Waals surface area (Å²) >= 11 is 1.73. The van der Waals surface area contributed by atoms with E-state index in [1.54, 1.807) is 11.8 Å². The van der Waals surface area contributed by atoms with E-state index < -0.39 is 23.5 Å². The average Bonchev–Trinajstić information content (AvgIpc) is 2.36. The normalized spacial score (nSPS) is 23.2. The molecule has 1 aromatic carbocycles. The molecule has 2 unspecified atom stereocenters. The lowest BCUT2D eigenvalue weighted by Gasteiger charge is -2.34. The van der Waals surface area contributed by atoms with Crippen LogP contribution in [0.5, 0.6) is 0 Å². The van der Waals surface area contributed by atoms with Crippen molar-refractivity contribution in [3.05, 3.63) is 35.1 Å². The predicted molar refractivity (Wildman–Crippen MR) is 73.8 cm³/mol. The highest BCUT2D eigenvalue weighted by Gasteiger charge is 2.35. The number of nitrogens with zero attached hydrogens (tertiary/aromatic N) is 1. The van der Waals surface area contributed by atoms with Crippen LogP contribution in [-0.2, 0) is 6.18 Å². The van der Waals surface area contributed by atoms with Crippen molar-refractivity contribution in [2.45, 2.75) is 30.5 Å². The van der Waals surface area contributed by atoms with Crippen LogP contribution in [0.2, 0.25) is 0 Å². The molecule has 0 aromatic heterocycles. The molecule has 0 aliphatic carbocycles. The van der Waals surface area contributed by atoms with Crippen molar-refractivity contribution < 1.29 is 22.4 Å². The lowest BCUT2D eigenvalue weighted by molar-refractivity contribution is -0.140. The lowest BCUT2D eigenvalue weighted by atomic mass is 10.1. The Kier molecular flexibility index (Phi) is 4.51. The summed E-state index contributed by atoms with van der Waals surface area (Å²) in [7, 11) is 0. The van der Waals surface area contributed by atoms with Gasteiger partial charge < -0.3 is 4.90 Å². The zero-order chi connectivity index (χ0) is 15.8. The maximum atomic E-state index is 13.2. The number of halogens is 4. The maximum absolute atomic E-state index is 13.2. The van der Waals surface area contributed by atoms with Crippen molar-refractivity contribution in [1.29, 1.82) is 0 Å². The Labute approximate surface area is 124 Å². The molecule has 1 fully saturated rings. The SMILES string of the molecule is CC1CN(C(=O)c2ccc(F)c(C(F)(F)F)c2)CC(C)S1. The largest absolute Gasteiger partial charge is 0.419 e. The van der Waals surface area contributed by atoms with Gasteiger partial charge in [-0.3, -0.25) is 4.79 Å². The Morgan fingerprint density at radius 1 is 1.24 bits per heavy atom. The van der Waals surface area contributed by atoms with E-state index in [0.717, 1.165) is 6.07 Å². The van der Waals surface area contributed by atoms with Gasteiger partial charge in [-0.1, -0.05) is 13.8 Å². The van der Waals surface area contributed by atoms with Crippen LogP contribution in [0.15, 0.2) is 18.2 Å². The molecule has 7 heteroatoms. The van der Waals surface area contributed by atoms with Crippen molar-refractivity contribution in [3.8, 4) is 0 Å². The molecule has 0 radical (unpaired) electrons. The molecule has 2 nitrogen and oxygen atoms in total. The summed E-state index contributed by atoms with van der Waals surface area (Å²) in [6.07, 6.45) is -4.81. The first-order chi connectivity index (χ1) is 9.68. The van der Waals surface area contributed by atoms with Gasteiger partial charge in [0.25, 0.3) is 5.91 Å². The first-order valence-electron chi connectivity index (χ1n) is 6.50. The van der Waals surface area contributed by atoms with Gasteiger partial charge in [-0.2, -0.15) is 24.9 Å². The topological polar surface area (TPSA) is 20.3 Å². The molecular weight excluding hydrogens is 306 g/mol. The summed E-state index contributed by atoms with van der Waals surface area (Å²) in [4.78, 5) is 13.8. The Hall–Kier alpha value is -1.24. The van der Waals surface area contributed by atoms with Crippen LogP contribution >= 0.6 is 11.8 Å². The van der Waals surface area contributed by atoms with E-state index in [-0.39, 0.29) is 16.1 Å². The number of alkyl halides is 3. The van der Waals surface area contributed by atoms with Gasteiger partial charge in [-0.15, -0.1) is 0 Å². The summed E-state index contributed by atoms with van der Waals surface area (Å²) in [5.74, 6) is -1.85. The highest BCUT2D eigenvalue weighted by molar-refractivity contribution is 8.00. The molecule has 116 valence electrons. The molecule has 1 heterocycles. The quantitative estimate of drug-likeness (QED) is 0.733. The van der Waals surface area contributed by atoms with Crippen molar-refractivity contribution in [2.75, 3.05) is 13.1 Å². The van der Waals surface area contributed by atoms with Crippen molar-refractivity contribution in [3.63, 3.8) is 0 Å². The molecule has 1 amide bonds. The third kappa shape index (κ3) is 3.70. The summed E-state index contributed by atoms with van der Waals surface area (Å²) < 4.78 is 51.3. The summed E-state index contributed by atoms with van der Waals surface area (Å²) in [5, 5.41) is 0.445. The van der Waals surface area contributed by atoms with Crippen LogP contribution in [0, 0.1) is 5.82 Å². The number of benzene rings is 1. The minimum absolute atomic E-state index is 0.130. The van der Waals surface area contributed by atoms with E-state index in [0.29, 0.717) is 25.2 Å². The standard InChI is InChI=1S/C14H15F4NOS/c1-8-6-19(7-9(2)21-8)13(20)10-3-4-12(15)11(5-10)14(16,17)18/h3-5,8-9H,6-7H2,1-2H3. The molecule has 0 spiro atoms. The second kappa shape index (κ2) is 5.87. The maximum Gasteiger partial charge on any atom is 0.419 e. The number of hydrogen-bond donors (Lipinski definition) is 0. The number of carbonyl (C=O) groups is 1. The second-order valence-electron chi connectivity index (χ2n) is 5.16. The lowest BCUT2D eigenvalue weighted by Crippen LogP contribution is -2.44. The summed E-state index contributed by atoms with van der Waals surface area (Å²) in [6, 6.07) is 2.39. The molecule has 0 N–H and O–H groups in total. The molecule has 0 saturated carbocycles. The molecule has 2 rings (SSSR count). The van der Waals surface area contributed by atoms with Crippen LogP contribution in [0.3, 0.4) is 0 Å². The third-order valence-electron chi connectivity index (χ3n) is 3.23. The zero-order valence-electron chi connectivity index (χ0n) is 11.6. The molecular formula is C14H15F4NOS. The number of rotatable bonds is 1. The van der Waals surface area contributed by atoms with Gasteiger partial charge >= 0.3 is 6.18 Å². The average molecular weight is 321 g/mol. The van der Waals surface area contributed by atoms with E-state index >= 15 is 0 Å². The van der Waals surface area contributed by atoms with Gasteiger partial charge in [0.05, 0.1) is 5.56 Å². The molecule has 1 aliphatic rings. The molecule has 0 bridgehead atoms. The van der Waals surface area contributed by atoms with Crippen molar-refractivity contribution in [1.82, 2.24) is 4.90 Å². The highest BCUT2D eigenvalue weighted by atomic mass is 32.2. The fourth-order valence-electron chi connectivity index (χ4n) is 2.40. The Balaban J connectivity index is 2.27. The molecule has 2 atom stereocenters. The third-order valence-corrected chi connectivity index (χ3v) is 4.45. The summed E-state index contributed by atoms with van der Waals surface area (Å²) in [6.45, 7) is 4.89. The Morgan fingerprint density at radius 3 is 2.33 bits per heavy atom. The van der Waals surface area contributed by atoms with E-state index in [1.165, 1.54) is 4.90 Å². The fraction of sp³-hybridized carbons (Fsp3) is 0.500. The van der Waals surface area contributed by atoms with Crippen molar-refractivity contribution in [2.24, 2.45) is 0 Å². The number of amides is 1. The number of hydrogen-bond acceptors (Lipinski definition) is 2. The Morgan fingerprint density at radius 2 is 1.81 bits per heavy atom. The van der Waals surface area contributed by atoms with Crippen LogP contribution in [0.4, 0.5) is 17.6 Å². The van der Waals surface area contributed by atoms with E-state index in [2.05, 4.69) is 0 Å². The van der Waals surface area contributed by atoms with Gasteiger partial charge in [0.2, 0.25) is 0 Å². The minimum atomic E-state index is -4.81. The number of thioether (sulfide) groups is 1. The molecule has 1 aromatic rings. The smallest absolute Gasteiger partial charge is 0.336 e. The van der Waals surface area contributed by atoms with Crippen molar-refractivity contribution >= 4 is 17.7 Å². The van der Waals surface area contributed by atoms with Gasteiger partial charge in [-0.05, 0) is 18.2 Å². The fourth-order valence-corrected chi connectivity index (χ4v) is 3.73. The molecule has 21 heavy (non-hydrogen) atoms. The van der Waals surface area contributed by atoms with Gasteiger partial charge in [0.1, 0.15) is 5.82 Å². The highest BCUT2D eigenvalue weighted by Crippen LogP contribution is 2.32. The monoisotopic (exact) mass is 321 g/mol. The van der Waals surface area contributed by atoms with E-state index in [1.807, 2.05) is 13.8 Å². The molecule has 1 saturated heterocycles. The minimum Gasteiger partial charge on any atom is -0.336 e.